The predicted octanol–water partition coefficient (Wildman–Crippen LogP) is 2.77. The number of hydrogen-bond donors (Lipinski definition) is 0. The van der Waals surface area contributed by atoms with E-state index < -0.39 is 29.7 Å². The molecule has 2 unspecified atom stereocenters. The molecule has 2 amide bonds. The van der Waals surface area contributed by atoms with Crippen molar-refractivity contribution in [3.63, 3.8) is 0 Å². The van der Waals surface area contributed by atoms with Gasteiger partial charge in [0.2, 0.25) is 12.0 Å². The smallest absolute Gasteiger partial charge is 0.278 e. The second-order valence-electron chi connectivity index (χ2n) is 5.48. The first kappa shape index (κ1) is 14.8. The highest BCUT2D eigenvalue weighted by Gasteiger charge is 2.56. The lowest BCUT2D eigenvalue weighted by atomic mass is 9.94. The molecule has 1 saturated heterocycles. The van der Waals surface area contributed by atoms with Crippen LogP contribution in [0.1, 0.15) is 5.56 Å². The van der Waals surface area contributed by atoms with Crippen LogP contribution in [0.25, 0.3) is 0 Å². The van der Waals surface area contributed by atoms with E-state index in [1.165, 1.54) is 24.3 Å². The molecule has 1 fully saturated rings. The van der Waals surface area contributed by atoms with Crippen molar-refractivity contribution < 1.29 is 18.8 Å². The van der Waals surface area contributed by atoms with Crippen molar-refractivity contribution in [3.8, 4) is 0 Å². The van der Waals surface area contributed by atoms with Crippen LogP contribution >= 0.6 is 11.6 Å². The van der Waals surface area contributed by atoms with Gasteiger partial charge in [0.05, 0.1) is 5.69 Å². The Labute approximate surface area is 141 Å². The molecular weight excluding hydrogens is 335 g/mol. The van der Waals surface area contributed by atoms with E-state index >= 15 is 0 Å². The Morgan fingerprint density at radius 3 is 2.33 bits per heavy atom. The number of hydrogen-bond acceptors (Lipinski definition) is 4. The Hall–Kier alpha value is -2.73. The zero-order valence-electron chi connectivity index (χ0n) is 12.1. The minimum Gasteiger partial charge on any atom is -0.381 e. The maximum Gasteiger partial charge on any atom is 0.278 e. The highest BCUT2D eigenvalue weighted by atomic mass is 35.5. The highest BCUT2D eigenvalue weighted by molar-refractivity contribution is 6.33. The van der Waals surface area contributed by atoms with E-state index in [2.05, 4.69) is 5.16 Å². The summed E-state index contributed by atoms with van der Waals surface area (Å²) in [6, 6.07) is 11.9. The zero-order valence-corrected chi connectivity index (χ0v) is 12.9. The van der Waals surface area contributed by atoms with E-state index in [9.17, 15) is 14.0 Å². The number of amides is 2. The number of imide groups is 1. The monoisotopic (exact) mass is 344 g/mol. The van der Waals surface area contributed by atoms with Crippen LogP contribution < -0.4 is 4.90 Å². The third kappa shape index (κ3) is 2.18. The van der Waals surface area contributed by atoms with Gasteiger partial charge < -0.3 is 4.84 Å². The molecule has 0 bridgehead atoms. The number of nitrogens with zero attached hydrogens (tertiary/aromatic N) is 2. The van der Waals surface area contributed by atoms with Gasteiger partial charge in [0, 0.05) is 10.6 Å². The van der Waals surface area contributed by atoms with E-state index in [-0.39, 0.29) is 0 Å². The van der Waals surface area contributed by atoms with Crippen LogP contribution in [-0.2, 0) is 14.4 Å². The lowest BCUT2D eigenvalue weighted by molar-refractivity contribution is -0.126. The average Bonchev–Trinajstić information content (AvgIpc) is 3.11. The molecule has 0 radical (unpaired) electrons. The van der Waals surface area contributed by atoms with Gasteiger partial charge in [-0.25, -0.2) is 9.29 Å². The van der Waals surface area contributed by atoms with Crippen LogP contribution in [0.15, 0.2) is 53.7 Å². The molecule has 2 aromatic carbocycles. The normalized spacial score (nSPS) is 22.4. The minimum absolute atomic E-state index is 0.305. The minimum atomic E-state index is -0.992. The summed E-state index contributed by atoms with van der Waals surface area (Å²) in [5.74, 6) is -2.21. The van der Waals surface area contributed by atoms with Crippen LogP contribution in [0.4, 0.5) is 10.1 Å². The summed E-state index contributed by atoms with van der Waals surface area (Å²) in [4.78, 5) is 31.5. The summed E-state index contributed by atoms with van der Waals surface area (Å²) in [6.45, 7) is 0. The van der Waals surface area contributed by atoms with Gasteiger partial charge in [-0.3, -0.25) is 9.59 Å². The van der Waals surface area contributed by atoms with Crippen LogP contribution in [0, 0.1) is 11.7 Å². The number of fused-ring (bicyclic) bond motifs is 1. The van der Waals surface area contributed by atoms with Crippen molar-refractivity contribution in [1.82, 2.24) is 0 Å². The summed E-state index contributed by atoms with van der Waals surface area (Å²) in [5, 5.41) is 4.46. The molecule has 7 heteroatoms. The number of halogens is 2. The molecule has 2 heterocycles. The fourth-order valence-corrected chi connectivity index (χ4v) is 3.01. The molecule has 120 valence electrons. The van der Waals surface area contributed by atoms with Crippen LogP contribution in [-0.4, -0.2) is 23.6 Å². The summed E-state index contributed by atoms with van der Waals surface area (Å²) < 4.78 is 13.1. The van der Waals surface area contributed by atoms with Gasteiger partial charge in [-0.15, -0.1) is 0 Å². The Bertz CT molecular complexity index is 864. The van der Waals surface area contributed by atoms with Crippen molar-refractivity contribution in [3.05, 3.63) is 64.9 Å². The maximum absolute atomic E-state index is 13.1. The van der Waals surface area contributed by atoms with Gasteiger partial charge in [0.1, 0.15) is 17.4 Å². The number of carbonyl (C=O) groups excluding carboxylic acids is 2. The largest absolute Gasteiger partial charge is 0.381 e. The predicted molar refractivity (Wildman–Crippen MR) is 85.2 cm³/mol. The molecule has 24 heavy (non-hydrogen) atoms. The number of benzene rings is 2. The fourth-order valence-electron chi connectivity index (χ4n) is 2.88. The molecule has 2 atom stereocenters. The first-order valence-corrected chi connectivity index (χ1v) is 7.57. The van der Waals surface area contributed by atoms with Crippen LogP contribution in [0.3, 0.4) is 0 Å². The third-order valence-electron chi connectivity index (χ3n) is 4.04. The number of oxime groups is 1. The second kappa shape index (κ2) is 5.42. The van der Waals surface area contributed by atoms with E-state index in [0.29, 0.717) is 22.0 Å². The van der Waals surface area contributed by atoms with Gasteiger partial charge in [-0.1, -0.05) is 28.9 Å². The molecular formula is C17H10ClFN2O3. The lowest BCUT2D eigenvalue weighted by Crippen LogP contribution is -2.33. The molecule has 0 saturated carbocycles. The van der Waals surface area contributed by atoms with Gasteiger partial charge in [-0.2, -0.15) is 0 Å². The lowest BCUT2D eigenvalue weighted by Gasteiger charge is -2.15. The van der Waals surface area contributed by atoms with Crippen LogP contribution in [0.2, 0.25) is 5.02 Å². The maximum atomic E-state index is 13.1. The number of rotatable bonds is 2. The van der Waals surface area contributed by atoms with E-state index in [1.54, 1.807) is 24.3 Å². The SMILES string of the molecule is O=C1C2ON=C(c3ccc(Cl)cc3)C2C(=O)N1c1ccc(F)cc1. The molecule has 2 aliphatic heterocycles. The summed E-state index contributed by atoms with van der Waals surface area (Å²) in [7, 11) is 0. The average molecular weight is 345 g/mol. The van der Waals surface area contributed by atoms with Gasteiger partial charge >= 0.3 is 0 Å². The van der Waals surface area contributed by atoms with E-state index in [1.807, 2.05) is 0 Å². The first-order valence-electron chi connectivity index (χ1n) is 7.19. The Balaban J connectivity index is 1.69. The molecule has 2 aromatic rings. The fraction of sp³-hybridized carbons (Fsp3) is 0.118. The molecule has 4 rings (SSSR count). The summed E-state index contributed by atoms with van der Waals surface area (Å²) >= 11 is 5.87. The van der Waals surface area contributed by atoms with E-state index in [4.69, 9.17) is 16.4 Å². The van der Waals surface area contributed by atoms with Crippen LogP contribution in [0.5, 0.6) is 0 Å². The molecule has 0 aliphatic carbocycles. The van der Waals surface area contributed by atoms with E-state index in [0.717, 1.165) is 4.90 Å². The standard InChI is InChI=1S/C17H10ClFN2O3/c18-10-3-1-9(2-4-10)14-13-15(24-20-14)17(23)21(16(13)22)12-7-5-11(19)6-8-12/h1-8,13,15H. The van der Waals surface area contributed by atoms with Crippen molar-refractivity contribution in [2.45, 2.75) is 6.10 Å². The topological polar surface area (TPSA) is 59.0 Å². The highest BCUT2D eigenvalue weighted by Crippen LogP contribution is 2.35. The Morgan fingerprint density at radius 1 is 1.00 bits per heavy atom. The Kier molecular flexibility index (Phi) is 3.35. The van der Waals surface area contributed by atoms with Crippen molar-refractivity contribution in [2.24, 2.45) is 11.1 Å². The van der Waals surface area contributed by atoms with Crippen molar-refractivity contribution in [1.29, 1.82) is 0 Å². The van der Waals surface area contributed by atoms with Gasteiger partial charge in [0.15, 0.2) is 0 Å². The molecule has 0 aromatic heterocycles. The molecule has 0 spiro atoms. The van der Waals surface area contributed by atoms with Crippen molar-refractivity contribution in [2.75, 3.05) is 4.90 Å². The third-order valence-corrected chi connectivity index (χ3v) is 4.29. The summed E-state index contributed by atoms with van der Waals surface area (Å²) in [5.41, 5.74) is 1.36. The quantitative estimate of drug-likeness (QED) is 0.787. The molecule has 0 N–H and O–H groups in total. The first-order chi connectivity index (χ1) is 11.6. The Morgan fingerprint density at radius 2 is 1.67 bits per heavy atom. The number of anilines is 1. The second-order valence-corrected chi connectivity index (χ2v) is 5.91. The molecule has 5 nitrogen and oxygen atoms in total. The molecule has 2 aliphatic rings. The van der Waals surface area contributed by atoms with Crippen molar-refractivity contribution >= 4 is 34.8 Å². The summed E-state index contributed by atoms with van der Waals surface area (Å²) in [6.07, 6.45) is -0.992. The van der Waals surface area contributed by atoms with Gasteiger partial charge in [-0.05, 0) is 36.4 Å². The van der Waals surface area contributed by atoms with Gasteiger partial charge in [0.25, 0.3) is 5.91 Å². The zero-order chi connectivity index (χ0) is 16.8. The number of carbonyl (C=O) groups is 2.